The lowest BCUT2D eigenvalue weighted by molar-refractivity contribution is 0.102. The third-order valence-corrected chi connectivity index (χ3v) is 4.70. The Kier molecular flexibility index (Phi) is 5.40. The van der Waals surface area contributed by atoms with Crippen LogP contribution in [-0.2, 0) is 0 Å². The molecule has 2 aromatic carbocycles. The molecule has 0 saturated carbocycles. The van der Waals surface area contributed by atoms with Gasteiger partial charge in [0.25, 0.3) is 5.91 Å². The number of para-hydroxylation sites is 3. The van der Waals surface area contributed by atoms with Gasteiger partial charge in [-0.3, -0.25) is 9.78 Å². The van der Waals surface area contributed by atoms with Crippen molar-refractivity contribution in [1.29, 1.82) is 0 Å². The van der Waals surface area contributed by atoms with Gasteiger partial charge in [0.1, 0.15) is 5.75 Å². The Morgan fingerprint density at radius 3 is 2.66 bits per heavy atom. The molecule has 1 N–H and O–H groups in total. The van der Waals surface area contributed by atoms with Gasteiger partial charge in [0.2, 0.25) is 0 Å². The number of nitrogens with one attached hydrogen (secondary N) is 1. The van der Waals surface area contributed by atoms with Crippen LogP contribution < -0.4 is 10.1 Å². The number of benzene rings is 2. The fraction of sp³-hybridized carbons (Fsp3) is 0.0870. The van der Waals surface area contributed by atoms with Gasteiger partial charge in [0.15, 0.2) is 0 Å². The summed E-state index contributed by atoms with van der Waals surface area (Å²) < 4.78 is 5.62. The molecule has 0 atom stereocenters. The third kappa shape index (κ3) is 3.91. The fourth-order valence-electron chi connectivity index (χ4n) is 3.09. The topological polar surface area (TPSA) is 64.1 Å². The maximum Gasteiger partial charge on any atom is 0.256 e. The Hall–Kier alpha value is -3.44. The summed E-state index contributed by atoms with van der Waals surface area (Å²) in [5.41, 5.74) is 2.86. The molecule has 0 aliphatic carbocycles. The molecule has 0 saturated heterocycles. The first-order chi connectivity index (χ1) is 14.2. The maximum atomic E-state index is 13.2. The molecule has 0 aliphatic heterocycles. The predicted octanol–water partition coefficient (Wildman–Crippen LogP) is 5.60. The summed E-state index contributed by atoms with van der Waals surface area (Å²) in [5.74, 6) is 0.341. The van der Waals surface area contributed by atoms with Crippen molar-refractivity contribution in [2.45, 2.75) is 6.92 Å². The predicted molar refractivity (Wildman–Crippen MR) is 116 cm³/mol. The summed E-state index contributed by atoms with van der Waals surface area (Å²) in [6.07, 6.45) is 1.69. The van der Waals surface area contributed by atoms with Gasteiger partial charge in [-0.2, -0.15) is 0 Å². The number of hydrogen-bond acceptors (Lipinski definition) is 4. The molecule has 4 aromatic rings. The first kappa shape index (κ1) is 18.9. The Morgan fingerprint density at radius 1 is 1.03 bits per heavy atom. The molecule has 0 fully saturated rings. The normalized spacial score (nSPS) is 10.7. The van der Waals surface area contributed by atoms with Crippen molar-refractivity contribution in [3.05, 3.63) is 83.5 Å². The van der Waals surface area contributed by atoms with E-state index in [1.165, 1.54) is 0 Å². The number of halogens is 1. The highest BCUT2D eigenvalue weighted by atomic mass is 35.5. The van der Waals surface area contributed by atoms with Gasteiger partial charge in [0, 0.05) is 11.6 Å². The van der Waals surface area contributed by atoms with Crippen LogP contribution in [0.2, 0.25) is 5.02 Å². The molecular weight excluding hydrogens is 386 g/mol. The van der Waals surface area contributed by atoms with Crippen LogP contribution in [0.15, 0.2) is 72.9 Å². The van der Waals surface area contributed by atoms with Gasteiger partial charge in [-0.15, -0.1) is 0 Å². The standard InChI is InChI=1S/C23H18ClN3O2/c1-2-29-21-12-4-3-11-19(21)27-23(28)16-14-20(18-10-5-6-13-25-18)26-22-15(16)8-7-9-17(22)24/h3-14H,2H2,1H3,(H,27,28). The maximum absolute atomic E-state index is 13.2. The number of anilines is 1. The quantitative estimate of drug-likeness (QED) is 0.471. The highest BCUT2D eigenvalue weighted by molar-refractivity contribution is 6.35. The van der Waals surface area contributed by atoms with E-state index >= 15 is 0 Å². The average molecular weight is 404 g/mol. The minimum atomic E-state index is -0.274. The van der Waals surface area contributed by atoms with Crippen molar-refractivity contribution >= 4 is 34.1 Å². The number of amides is 1. The summed E-state index contributed by atoms with van der Waals surface area (Å²) in [7, 11) is 0. The Morgan fingerprint density at radius 2 is 1.86 bits per heavy atom. The average Bonchev–Trinajstić information content (AvgIpc) is 2.75. The largest absolute Gasteiger partial charge is 0.492 e. The molecule has 0 spiro atoms. The van der Waals surface area contributed by atoms with E-state index in [2.05, 4.69) is 15.3 Å². The second kappa shape index (κ2) is 8.29. The third-order valence-electron chi connectivity index (χ3n) is 4.40. The minimum absolute atomic E-state index is 0.274. The molecule has 2 heterocycles. The first-order valence-corrected chi connectivity index (χ1v) is 9.59. The molecule has 4 rings (SSSR count). The number of rotatable bonds is 5. The number of carbonyl (C=O) groups excluding carboxylic acids is 1. The molecule has 144 valence electrons. The number of fused-ring (bicyclic) bond motifs is 1. The summed E-state index contributed by atoms with van der Waals surface area (Å²) >= 11 is 6.39. The summed E-state index contributed by atoms with van der Waals surface area (Å²) in [5, 5.41) is 4.09. The lowest BCUT2D eigenvalue weighted by Crippen LogP contribution is -2.14. The molecule has 0 bridgehead atoms. The van der Waals surface area contributed by atoms with Crippen LogP contribution in [-0.4, -0.2) is 22.5 Å². The van der Waals surface area contributed by atoms with E-state index in [1.54, 1.807) is 30.5 Å². The van der Waals surface area contributed by atoms with E-state index in [9.17, 15) is 4.79 Å². The summed E-state index contributed by atoms with van der Waals surface area (Å²) in [6, 6.07) is 20.0. The van der Waals surface area contributed by atoms with Gasteiger partial charge in [-0.1, -0.05) is 41.9 Å². The van der Waals surface area contributed by atoms with E-state index in [0.717, 1.165) is 0 Å². The van der Waals surface area contributed by atoms with Crippen LogP contribution in [0.3, 0.4) is 0 Å². The Labute approximate surface area is 173 Å². The van der Waals surface area contributed by atoms with Gasteiger partial charge in [0.05, 0.1) is 39.8 Å². The monoisotopic (exact) mass is 403 g/mol. The van der Waals surface area contributed by atoms with Gasteiger partial charge in [-0.05, 0) is 43.3 Å². The lowest BCUT2D eigenvalue weighted by atomic mass is 10.1. The number of ether oxygens (including phenoxy) is 1. The number of pyridine rings is 2. The highest BCUT2D eigenvalue weighted by Crippen LogP contribution is 2.30. The van der Waals surface area contributed by atoms with Crippen molar-refractivity contribution in [2.24, 2.45) is 0 Å². The zero-order valence-electron chi connectivity index (χ0n) is 15.7. The van der Waals surface area contributed by atoms with Crippen LogP contribution in [0, 0.1) is 0 Å². The van der Waals surface area contributed by atoms with Crippen molar-refractivity contribution < 1.29 is 9.53 Å². The fourth-order valence-corrected chi connectivity index (χ4v) is 3.30. The molecular formula is C23H18ClN3O2. The number of carbonyl (C=O) groups is 1. The zero-order chi connectivity index (χ0) is 20.2. The van der Waals surface area contributed by atoms with Gasteiger partial charge in [-0.25, -0.2) is 4.98 Å². The zero-order valence-corrected chi connectivity index (χ0v) is 16.5. The molecule has 0 aliphatic rings. The van der Waals surface area contributed by atoms with Crippen LogP contribution in [0.4, 0.5) is 5.69 Å². The van der Waals surface area contributed by atoms with E-state index in [0.29, 0.717) is 50.9 Å². The van der Waals surface area contributed by atoms with Gasteiger partial charge >= 0.3 is 0 Å². The summed E-state index contributed by atoms with van der Waals surface area (Å²) in [4.78, 5) is 22.2. The molecule has 29 heavy (non-hydrogen) atoms. The smallest absolute Gasteiger partial charge is 0.256 e. The van der Waals surface area contributed by atoms with Crippen molar-refractivity contribution in [2.75, 3.05) is 11.9 Å². The highest BCUT2D eigenvalue weighted by Gasteiger charge is 2.17. The number of nitrogens with zero attached hydrogens (tertiary/aromatic N) is 2. The lowest BCUT2D eigenvalue weighted by Gasteiger charge is -2.13. The van der Waals surface area contributed by atoms with Crippen molar-refractivity contribution in [1.82, 2.24) is 9.97 Å². The number of hydrogen-bond donors (Lipinski definition) is 1. The van der Waals surface area contributed by atoms with Crippen LogP contribution >= 0.6 is 11.6 Å². The molecule has 2 aromatic heterocycles. The molecule has 6 heteroatoms. The number of aromatic nitrogens is 2. The molecule has 1 amide bonds. The van der Waals surface area contributed by atoms with Gasteiger partial charge < -0.3 is 10.1 Å². The van der Waals surface area contributed by atoms with E-state index in [-0.39, 0.29) is 5.91 Å². The van der Waals surface area contributed by atoms with Crippen molar-refractivity contribution in [3.8, 4) is 17.1 Å². The van der Waals surface area contributed by atoms with E-state index in [1.807, 2.05) is 49.4 Å². The second-order valence-corrected chi connectivity index (χ2v) is 6.70. The first-order valence-electron chi connectivity index (χ1n) is 9.21. The van der Waals surface area contributed by atoms with Crippen LogP contribution in [0.5, 0.6) is 5.75 Å². The molecule has 0 radical (unpaired) electrons. The Bertz CT molecular complexity index is 1180. The van der Waals surface area contributed by atoms with E-state index in [4.69, 9.17) is 16.3 Å². The minimum Gasteiger partial charge on any atom is -0.492 e. The SMILES string of the molecule is CCOc1ccccc1NC(=O)c1cc(-c2ccccn2)nc2c(Cl)cccc12. The molecule has 0 unspecified atom stereocenters. The second-order valence-electron chi connectivity index (χ2n) is 6.29. The molecule has 5 nitrogen and oxygen atoms in total. The van der Waals surface area contributed by atoms with Crippen LogP contribution in [0.25, 0.3) is 22.3 Å². The van der Waals surface area contributed by atoms with E-state index < -0.39 is 0 Å². The summed E-state index contributed by atoms with van der Waals surface area (Å²) in [6.45, 7) is 2.40. The Balaban J connectivity index is 1.82. The van der Waals surface area contributed by atoms with Crippen LogP contribution in [0.1, 0.15) is 17.3 Å². The van der Waals surface area contributed by atoms with Crippen molar-refractivity contribution in [3.63, 3.8) is 0 Å².